The SMILES string of the molecule is CCOC(OCC)c1c(-c2ccccc2C)c2cnc(Cl)nc2n1CCNC(=O)O. The molecule has 3 aromatic rings. The average Bonchev–Trinajstić information content (AvgIpc) is 3.01. The zero-order valence-corrected chi connectivity index (χ0v) is 17.9. The van der Waals surface area contributed by atoms with Gasteiger partial charge in [-0.25, -0.2) is 9.78 Å². The lowest BCUT2D eigenvalue weighted by Gasteiger charge is -2.22. The first-order valence-electron chi connectivity index (χ1n) is 9.78. The fraction of sp³-hybridized carbons (Fsp3) is 0.381. The summed E-state index contributed by atoms with van der Waals surface area (Å²) in [6, 6.07) is 8.00. The van der Waals surface area contributed by atoms with Gasteiger partial charge in [-0.3, -0.25) is 0 Å². The largest absolute Gasteiger partial charge is 0.465 e. The summed E-state index contributed by atoms with van der Waals surface area (Å²) in [6.07, 6.45) is -0.0650. The van der Waals surface area contributed by atoms with E-state index in [1.165, 1.54) is 0 Å². The van der Waals surface area contributed by atoms with Gasteiger partial charge < -0.3 is 24.5 Å². The summed E-state index contributed by atoms with van der Waals surface area (Å²) in [6.45, 7) is 7.23. The molecule has 30 heavy (non-hydrogen) atoms. The third-order valence-electron chi connectivity index (χ3n) is 4.70. The molecule has 0 aliphatic heterocycles. The van der Waals surface area contributed by atoms with Crippen molar-refractivity contribution in [2.45, 2.75) is 33.6 Å². The molecule has 0 radical (unpaired) electrons. The predicted octanol–water partition coefficient (Wildman–Crippen LogP) is 4.40. The van der Waals surface area contributed by atoms with Gasteiger partial charge in [-0.1, -0.05) is 24.3 Å². The summed E-state index contributed by atoms with van der Waals surface area (Å²) in [5, 5.41) is 12.3. The molecule has 0 fully saturated rings. The molecule has 2 heterocycles. The Balaban J connectivity index is 2.31. The number of carboxylic acid groups (broad SMARTS) is 1. The Hall–Kier alpha value is -2.68. The molecule has 0 saturated heterocycles. The molecule has 0 atom stereocenters. The number of aryl methyl sites for hydroxylation is 1. The molecular weight excluding hydrogens is 408 g/mol. The second-order valence-electron chi connectivity index (χ2n) is 6.58. The normalized spacial score (nSPS) is 11.4. The summed E-state index contributed by atoms with van der Waals surface area (Å²) in [7, 11) is 0. The van der Waals surface area contributed by atoms with E-state index in [0.29, 0.717) is 25.4 Å². The van der Waals surface area contributed by atoms with E-state index in [4.69, 9.17) is 26.2 Å². The summed E-state index contributed by atoms with van der Waals surface area (Å²) >= 11 is 6.11. The molecule has 3 rings (SSSR count). The van der Waals surface area contributed by atoms with Gasteiger partial charge in [0, 0.05) is 43.4 Å². The van der Waals surface area contributed by atoms with Crippen LogP contribution in [0.2, 0.25) is 5.28 Å². The number of halogens is 1. The maximum atomic E-state index is 11.0. The van der Waals surface area contributed by atoms with E-state index in [2.05, 4.69) is 15.3 Å². The highest BCUT2D eigenvalue weighted by Gasteiger charge is 2.28. The van der Waals surface area contributed by atoms with Gasteiger partial charge >= 0.3 is 6.09 Å². The number of benzene rings is 1. The summed E-state index contributed by atoms with van der Waals surface area (Å²) in [5.74, 6) is 0. The summed E-state index contributed by atoms with van der Waals surface area (Å²) in [4.78, 5) is 19.6. The fourth-order valence-electron chi connectivity index (χ4n) is 3.51. The Bertz CT molecular complexity index is 1030. The van der Waals surface area contributed by atoms with Gasteiger partial charge in [0.1, 0.15) is 5.65 Å². The second kappa shape index (κ2) is 9.88. The molecule has 0 aliphatic rings. The van der Waals surface area contributed by atoms with E-state index in [-0.39, 0.29) is 11.8 Å². The lowest BCUT2D eigenvalue weighted by molar-refractivity contribution is -0.143. The van der Waals surface area contributed by atoms with Crippen molar-refractivity contribution in [1.82, 2.24) is 19.9 Å². The van der Waals surface area contributed by atoms with Crippen LogP contribution in [0.4, 0.5) is 4.79 Å². The van der Waals surface area contributed by atoms with Crippen molar-refractivity contribution in [3.63, 3.8) is 0 Å². The van der Waals surface area contributed by atoms with Crippen molar-refractivity contribution in [3.05, 3.63) is 47.0 Å². The maximum Gasteiger partial charge on any atom is 0.404 e. The van der Waals surface area contributed by atoms with Crippen molar-refractivity contribution < 1.29 is 19.4 Å². The van der Waals surface area contributed by atoms with E-state index >= 15 is 0 Å². The molecule has 1 aromatic carbocycles. The lowest BCUT2D eigenvalue weighted by Crippen LogP contribution is -2.26. The van der Waals surface area contributed by atoms with Gasteiger partial charge in [-0.15, -0.1) is 0 Å². The van der Waals surface area contributed by atoms with Crippen molar-refractivity contribution in [2.75, 3.05) is 19.8 Å². The minimum absolute atomic E-state index is 0.111. The monoisotopic (exact) mass is 432 g/mol. The zero-order valence-electron chi connectivity index (χ0n) is 17.2. The van der Waals surface area contributed by atoms with Crippen LogP contribution in [0.25, 0.3) is 22.2 Å². The number of hydrogen-bond acceptors (Lipinski definition) is 5. The minimum Gasteiger partial charge on any atom is -0.465 e. The van der Waals surface area contributed by atoms with E-state index in [1.54, 1.807) is 6.20 Å². The number of nitrogens with zero attached hydrogens (tertiary/aromatic N) is 3. The number of rotatable bonds is 9. The van der Waals surface area contributed by atoms with Gasteiger partial charge in [0.15, 0.2) is 6.29 Å². The van der Waals surface area contributed by atoms with Crippen LogP contribution < -0.4 is 5.32 Å². The van der Waals surface area contributed by atoms with Crippen LogP contribution in [0.3, 0.4) is 0 Å². The Morgan fingerprint density at radius 2 is 1.97 bits per heavy atom. The number of nitrogens with one attached hydrogen (secondary N) is 1. The number of ether oxygens (including phenoxy) is 2. The summed E-state index contributed by atoms with van der Waals surface area (Å²) < 4.78 is 13.8. The topological polar surface area (TPSA) is 98.5 Å². The van der Waals surface area contributed by atoms with Crippen LogP contribution in [-0.2, 0) is 16.0 Å². The van der Waals surface area contributed by atoms with Gasteiger partial charge in [0.25, 0.3) is 0 Å². The maximum absolute atomic E-state index is 11.0. The first-order valence-corrected chi connectivity index (χ1v) is 10.2. The molecule has 8 nitrogen and oxygen atoms in total. The van der Waals surface area contributed by atoms with Crippen LogP contribution in [-0.4, -0.2) is 45.5 Å². The third-order valence-corrected chi connectivity index (χ3v) is 4.88. The van der Waals surface area contributed by atoms with Crippen molar-refractivity contribution in [2.24, 2.45) is 0 Å². The molecule has 0 unspecified atom stereocenters. The zero-order chi connectivity index (χ0) is 21.7. The standard InChI is InChI=1S/C21H25ClN4O4/c1-4-29-19(30-5-2)17-16(14-9-7-6-8-13(14)3)15-12-24-20(22)25-18(15)26(17)11-10-23-21(27)28/h6-9,12,19,23H,4-5,10-11H2,1-3H3,(H,27,28). The molecule has 0 aliphatic carbocycles. The Kier molecular flexibility index (Phi) is 7.25. The minimum atomic E-state index is -1.09. The fourth-order valence-corrected chi connectivity index (χ4v) is 3.64. The molecule has 2 N–H and O–H groups in total. The molecule has 2 aromatic heterocycles. The van der Waals surface area contributed by atoms with Gasteiger partial charge in [-0.2, -0.15) is 4.98 Å². The molecule has 0 saturated carbocycles. The smallest absolute Gasteiger partial charge is 0.404 e. The predicted molar refractivity (Wildman–Crippen MR) is 115 cm³/mol. The van der Waals surface area contributed by atoms with Crippen molar-refractivity contribution >= 4 is 28.7 Å². The molecule has 9 heteroatoms. The number of fused-ring (bicyclic) bond motifs is 1. The van der Waals surface area contributed by atoms with Crippen LogP contribution in [0.15, 0.2) is 30.5 Å². The first kappa shape index (κ1) is 22.0. The van der Waals surface area contributed by atoms with E-state index in [1.807, 2.05) is 49.6 Å². The molecular formula is C21H25ClN4O4. The van der Waals surface area contributed by atoms with Crippen LogP contribution in [0.1, 0.15) is 31.4 Å². The number of carbonyl (C=O) groups is 1. The van der Waals surface area contributed by atoms with Crippen LogP contribution >= 0.6 is 11.6 Å². The second-order valence-corrected chi connectivity index (χ2v) is 6.92. The van der Waals surface area contributed by atoms with Gasteiger partial charge in [-0.05, 0) is 43.5 Å². The van der Waals surface area contributed by atoms with E-state index in [9.17, 15) is 4.79 Å². The average molecular weight is 433 g/mol. The Labute approximate surface area is 179 Å². The van der Waals surface area contributed by atoms with E-state index < -0.39 is 12.4 Å². The highest BCUT2D eigenvalue weighted by molar-refractivity contribution is 6.28. The van der Waals surface area contributed by atoms with Crippen molar-refractivity contribution in [3.8, 4) is 11.1 Å². The summed E-state index contributed by atoms with van der Waals surface area (Å²) in [5.41, 5.74) is 4.31. The number of hydrogen-bond donors (Lipinski definition) is 2. The molecule has 1 amide bonds. The van der Waals surface area contributed by atoms with Crippen LogP contribution in [0, 0.1) is 6.92 Å². The van der Waals surface area contributed by atoms with Gasteiger partial charge in [0.05, 0.1) is 5.69 Å². The number of aromatic nitrogens is 3. The quantitative estimate of drug-likeness (QED) is 0.384. The highest BCUT2D eigenvalue weighted by atomic mass is 35.5. The highest BCUT2D eigenvalue weighted by Crippen LogP contribution is 2.40. The molecule has 0 spiro atoms. The lowest BCUT2D eigenvalue weighted by atomic mass is 9.98. The first-order chi connectivity index (χ1) is 14.5. The molecule has 0 bridgehead atoms. The van der Waals surface area contributed by atoms with Gasteiger partial charge in [0.2, 0.25) is 5.28 Å². The molecule has 160 valence electrons. The Morgan fingerprint density at radius 1 is 1.27 bits per heavy atom. The van der Waals surface area contributed by atoms with Crippen LogP contribution in [0.5, 0.6) is 0 Å². The van der Waals surface area contributed by atoms with E-state index in [0.717, 1.165) is 27.8 Å². The number of amides is 1. The third kappa shape index (κ3) is 4.56. The van der Waals surface area contributed by atoms with Crippen molar-refractivity contribution in [1.29, 1.82) is 0 Å². The Morgan fingerprint density at radius 3 is 2.60 bits per heavy atom.